The minimum Gasteiger partial charge on any atom is -0.396 e. The highest BCUT2D eigenvalue weighted by atomic mass is 35.5. The number of hydrogen-bond donors (Lipinski definition) is 3. The van der Waals surface area contributed by atoms with Gasteiger partial charge in [0, 0.05) is 23.6 Å². The van der Waals surface area contributed by atoms with Gasteiger partial charge in [-0.1, -0.05) is 35.9 Å². The van der Waals surface area contributed by atoms with E-state index in [1.807, 2.05) is 12.2 Å². The second-order valence-corrected chi connectivity index (χ2v) is 5.45. The summed E-state index contributed by atoms with van der Waals surface area (Å²) in [4.78, 5) is 11.9. The van der Waals surface area contributed by atoms with Crippen LogP contribution in [0.1, 0.15) is 24.5 Å². The smallest absolute Gasteiger partial charge is 0.223 e. The first-order chi connectivity index (χ1) is 9.58. The molecule has 0 aliphatic heterocycles. The minimum absolute atomic E-state index is 0.00969. The number of hydrogen-bond acceptors (Lipinski definition) is 3. The fraction of sp³-hybridized carbons (Fsp3) is 0.400. The molecule has 4 nitrogen and oxygen atoms in total. The Kier molecular flexibility index (Phi) is 5.17. The molecule has 20 heavy (non-hydrogen) atoms. The average molecular weight is 296 g/mol. The van der Waals surface area contributed by atoms with Crippen molar-refractivity contribution in [3.8, 4) is 0 Å². The van der Waals surface area contributed by atoms with E-state index in [2.05, 4.69) is 5.32 Å². The van der Waals surface area contributed by atoms with Crippen molar-refractivity contribution in [1.82, 2.24) is 5.32 Å². The number of carbonyl (C=O) groups excluding carboxylic acids is 1. The first-order valence-corrected chi connectivity index (χ1v) is 6.98. The predicted molar refractivity (Wildman–Crippen MR) is 77.3 cm³/mol. The van der Waals surface area contributed by atoms with E-state index in [4.69, 9.17) is 16.7 Å². The highest BCUT2D eigenvalue weighted by molar-refractivity contribution is 6.30. The maximum Gasteiger partial charge on any atom is 0.223 e. The second-order valence-electron chi connectivity index (χ2n) is 5.01. The predicted octanol–water partition coefficient (Wildman–Crippen LogP) is 1.82. The van der Waals surface area contributed by atoms with Crippen LogP contribution in [0.5, 0.6) is 0 Å². The number of nitrogens with one attached hydrogen (secondary N) is 1. The molecule has 0 bridgehead atoms. The van der Waals surface area contributed by atoms with Gasteiger partial charge in [0.25, 0.3) is 0 Å². The molecule has 0 saturated carbocycles. The molecule has 0 radical (unpaired) electrons. The van der Waals surface area contributed by atoms with E-state index in [9.17, 15) is 9.90 Å². The van der Waals surface area contributed by atoms with E-state index >= 15 is 0 Å². The van der Waals surface area contributed by atoms with Crippen molar-refractivity contribution >= 4 is 17.5 Å². The van der Waals surface area contributed by atoms with Crippen LogP contribution in [0.4, 0.5) is 0 Å². The summed E-state index contributed by atoms with van der Waals surface area (Å²) in [5.74, 6) is -0.0952. The van der Waals surface area contributed by atoms with Crippen LogP contribution in [-0.4, -0.2) is 28.8 Å². The number of aliphatic hydroxyl groups is 2. The Morgan fingerprint density at radius 3 is 2.65 bits per heavy atom. The maximum absolute atomic E-state index is 11.9. The highest BCUT2D eigenvalue weighted by Gasteiger charge is 2.21. The van der Waals surface area contributed by atoms with Crippen molar-refractivity contribution in [3.05, 3.63) is 47.0 Å². The Bertz CT molecular complexity index is 486. The van der Waals surface area contributed by atoms with Crippen molar-refractivity contribution < 1.29 is 15.0 Å². The van der Waals surface area contributed by atoms with Gasteiger partial charge in [-0.05, 0) is 24.1 Å². The van der Waals surface area contributed by atoms with Gasteiger partial charge in [0.15, 0.2) is 0 Å². The second kappa shape index (κ2) is 6.88. The molecule has 3 atom stereocenters. The molecule has 2 rings (SSSR count). The van der Waals surface area contributed by atoms with E-state index < -0.39 is 6.10 Å². The molecule has 1 amide bonds. The van der Waals surface area contributed by atoms with Gasteiger partial charge in [-0.15, -0.1) is 0 Å². The topological polar surface area (TPSA) is 69.6 Å². The first kappa shape index (κ1) is 15.0. The Balaban J connectivity index is 1.82. The summed E-state index contributed by atoms with van der Waals surface area (Å²) in [6.07, 6.45) is 3.66. The summed E-state index contributed by atoms with van der Waals surface area (Å²) < 4.78 is 0. The van der Waals surface area contributed by atoms with Gasteiger partial charge in [-0.3, -0.25) is 4.79 Å². The third-order valence-electron chi connectivity index (χ3n) is 3.39. The lowest BCUT2D eigenvalue weighted by Crippen LogP contribution is -2.33. The van der Waals surface area contributed by atoms with Crippen LogP contribution in [-0.2, 0) is 4.79 Å². The SMILES string of the molecule is O=C(CC(O)c1ccc(Cl)cc1)N[C@@H]1C=C[C@H](CO)C1. The van der Waals surface area contributed by atoms with E-state index in [0.29, 0.717) is 17.0 Å². The molecule has 0 fully saturated rings. The molecule has 1 unspecified atom stereocenters. The monoisotopic (exact) mass is 295 g/mol. The number of benzene rings is 1. The fourth-order valence-electron chi connectivity index (χ4n) is 2.26. The van der Waals surface area contributed by atoms with Gasteiger partial charge >= 0.3 is 0 Å². The fourth-order valence-corrected chi connectivity index (χ4v) is 2.39. The summed E-state index contributed by atoms with van der Waals surface area (Å²) in [5, 5.41) is 22.4. The van der Waals surface area contributed by atoms with Crippen molar-refractivity contribution in [2.24, 2.45) is 5.92 Å². The van der Waals surface area contributed by atoms with Crippen molar-refractivity contribution in [1.29, 1.82) is 0 Å². The lowest BCUT2D eigenvalue weighted by atomic mass is 10.1. The molecule has 1 aromatic rings. The maximum atomic E-state index is 11.9. The van der Waals surface area contributed by atoms with E-state index in [-0.39, 0.29) is 30.9 Å². The van der Waals surface area contributed by atoms with Crippen LogP contribution in [0.15, 0.2) is 36.4 Å². The zero-order valence-corrected chi connectivity index (χ0v) is 11.8. The number of rotatable bonds is 5. The van der Waals surface area contributed by atoms with E-state index in [1.54, 1.807) is 24.3 Å². The van der Waals surface area contributed by atoms with Gasteiger partial charge in [0.2, 0.25) is 5.91 Å². The van der Waals surface area contributed by atoms with Crippen LogP contribution in [0, 0.1) is 5.92 Å². The molecule has 3 N–H and O–H groups in total. The lowest BCUT2D eigenvalue weighted by Gasteiger charge is -2.15. The van der Waals surface area contributed by atoms with Crippen molar-refractivity contribution in [2.45, 2.75) is 25.0 Å². The summed E-state index contributed by atoms with van der Waals surface area (Å²) >= 11 is 5.77. The zero-order valence-electron chi connectivity index (χ0n) is 11.0. The van der Waals surface area contributed by atoms with Crippen LogP contribution in [0.2, 0.25) is 5.02 Å². The minimum atomic E-state index is -0.841. The number of aliphatic hydroxyl groups excluding tert-OH is 2. The summed E-state index contributed by atoms with van der Waals surface area (Å²) in [6, 6.07) is 6.72. The highest BCUT2D eigenvalue weighted by Crippen LogP contribution is 2.20. The Morgan fingerprint density at radius 2 is 2.05 bits per heavy atom. The van der Waals surface area contributed by atoms with Crippen LogP contribution in [0.25, 0.3) is 0 Å². The van der Waals surface area contributed by atoms with Crippen molar-refractivity contribution in [3.63, 3.8) is 0 Å². The third-order valence-corrected chi connectivity index (χ3v) is 3.64. The molecular formula is C15H18ClNO3. The molecule has 1 aromatic carbocycles. The molecular weight excluding hydrogens is 278 g/mol. The summed E-state index contributed by atoms with van der Waals surface area (Å²) in [7, 11) is 0. The van der Waals surface area contributed by atoms with Gasteiger partial charge < -0.3 is 15.5 Å². The normalized spacial score (nSPS) is 22.8. The van der Waals surface area contributed by atoms with E-state index in [0.717, 1.165) is 0 Å². The number of halogens is 1. The quantitative estimate of drug-likeness (QED) is 0.726. The largest absolute Gasteiger partial charge is 0.396 e. The Labute approximate surface area is 123 Å². The van der Waals surface area contributed by atoms with Crippen LogP contribution >= 0.6 is 11.6 Å². The Hall–Kier alpha value is -1.36. The standard InChI is InChI=1S/C15H18ClNO3/c16-12-4-2-11(3-5-12)14(19)8-15(20)17-13-6-1-10(7-13)9-18/h1-6,10,13-14,18-19H,7-9H2,(H,17,20)/t10-,13+,14?/m0/s1. The number of carbonyl (C=O) groups is 1. The van der Waals surface area contributed by atoms with Gasteiger partial charge in [0.1, 0.15) is 0 Å². The molecule has 0 saturated heterocycles. The van der Waals surface area contributed by atoms with Crippen LogP contribution in [0.3, 0.4) is 0 Å². The van der Waals surface area contributed by atoms with Crippen LogP contribution < -0.4 is 5.32 Å². The van der Waals surface area contributed by atoms with Crippen molar-refractivity contribution in [2.75, 3.05) is 6.61 Å². The zero-order chi connectivity index (χ0) is 14.5. The molecule has 1 aliphatic rings. The van der Waals surface area contributed by atoms with E-state index in [1.165, 1.54) is 0 Å². The van der Waals surface area contributed by atoms with Gasteiger partial charge in [-0.25, -0.2) is 0 Å². The molecule has 0 spiro atoms. The molecule has 0 heterocycles. The lowest BCUT2D eigenvalue weighted by molar-refractivity contribution is -0.123. The summed E-state index contributed by atoms with van der Waals surface area (Å²) in [5.41, 5.74) is 0.666. The average Bonchev–Trinajstić information content (AvgIpc) is 2.86. The number of amides is 1. The van der Waals surface area contributed by atoms with Gasteiger partial charge in [0.05, 0.1) is 12.5 Å². The summed E-state index contributed by atoms with van der Waals surface area (Å²) in [6.45, 7) is 0.0935. The third kappa shape index (κ3) is 4.07. The molecule has 1 aliphatic carbocycles. The molecule has 0 aromatic heterocycles. The van der Waals surface area contributed by atoms with Gasteiger partial charge in [-0.2, -0.15) is 0 Å². The molecule has 5 heteroatoms. The molecule has 108 valence electrons. The first-order valence-electron chi connectivity index (χ1n) is 6.60. The Morgan fingerprint density at radius 1 is 1.35 bits per heavy atom.